The Morgan fingerprint density at radius 2 is 0.831 bits per heavy atom. The largest absolute Gasteiger partial charge is 0.309 e. The van der Waals surface area contributed by atoms with Crippen molar-refractivity contribution in [1.82, 2.24) is 28.7 Å². The van der Waals surface area contributed by atoms with Crippen molar-refractivity contribution in [2.45, 2.75) is 0 Å². The highest BCUT2D eigenvalue weighted by atomic mass is 15.1. The van der Waals surface area contributed by atoms with E-state index >= 15 is 0 Å². The minimum absolute atomic E-state index is 0.516. The molecule has 302 valence electrons. The SMILES string of the molecule is N#Cc1cccc2c3ccc(-n4c5ccccc5c5c4ccc4c6ccccc6n(-c6ccccc6)c45)c(-c4nc(-c5ccccc5)nc(-c5ccccc5)n4)c3n(-c3ccccc3)c12. The van der Waals surface area contributed by atoms with Crippen LogP contribution >= 0.6 is 0 Å². The second-order valence-corrected chi connectivity index (χ2v) is 16.3. The van der Waals surface area contributed by atoms with E-state index in [9.17, 15) is 5.26 Å². The van der Waals surface area contributed by atoms with E-state index in [2.05, 4.69) is 141 Å². The highest BCUT2D eigenvalue weighted by molar-refractivity contribution is 6.26. The van der Waals surface area contributed by atoms with Crippen LogP contribution < -0.4 is 0 Å². The van der Waals surface area contributed by atoms with Crippen LogP contribution in [0.4, 0.5) is 0 Å². The summed E-state index contributed by atoms with van der Waals surface area (Å²) >= 11 is 0. The number of hydrogen-bond acceptors (Lipinski definition) is 4. The molecular weight excluding hydrogens is 795 g/mol. The summed E-state index contributed by atoms with van der Waals surface area (Å²) < 4.78 is 7.03. The summed E-state index contributed by atoms with van der Waals surface area (Å²) in [6, 6.07) is 76.0. The Balaban J connectivity index is 1.25. The monoisotopic (exact) mass is 829 g/mol. The van der Waals surface area contributed by atoms with Crippen LogP contribution in [0, 0.1) is 11.3 Å². The first kappa shape index (κ1) is 36.5. The molecule has 0 N–H and O–H groups in total. The lowest BCUT2D eigenvalue weighted by atomic mass is 10.0. The average Bonchev–Trinajstić information content (AvgIpc) is 4.03. The van der Waals surface area contributed by atoms with Crippen LogP contribution in [0.25, 0.3) is 117 Å². The van der Waals surface area contributed by atoms with Crippen LogP contribution in [-0.2, 0) is 0 Å². The molecule has 0 spiro atoms. The van der Waals surface area contributed by atoms with E-state index in [1.165, 1.54) is 10.8 Å². The van der Waals surface area contributed by atoms with Crippen LogP contribution in [0.2, 0.25) is 0 Å². The maximum absolute atomic E-state index is 10.7. The van der Waals surface area contributed by atoms with Gasteiger partial charge in [0.15, 0.2) is 17.5 Å². The lowest BCUT2D eigenvalue weighted by Gasteiger charge is -2.18. The third-order valence-electron chi connectivity index (χ3n) is 12.7. The van der Waals surface area contributed by atoms with Gasteiger partial charge in [-0.3, -0.25) is 0 Å². The lowest BCUT2D eigenvalue weighted by molar-refractivity contribution is 1.06. The number of aromatic nitrogens is 6. The van der Waals surface area contributed by atoms with Gasteiger partial charge in [-0.1, -0.05) is 158 Å². The van der Waals surface area contributed by atoms with Gasteiger partial charge in [0.05, 0.1) is 49.9 Å². The third kappa shape index (κ3) is 5.51. The van der Waals surface area contributed by atoms with Gasteiger partial charge in [-0.15, -0.1) is 0 Å². The van der Waals surface area contributed by atoms with Crippen molar-refractivity contribution in [3.8, 4) is 57.3 Å². The number of rotatable bonds is 6. The molecule has 7 heteroatoms. The van der Waals surface area contributed by atoms with E-state index < -0.39 is 0 Å². The standard InChI is InChI=1S/C58H35N7/c59-36-39-22-17-29-43-45-33-35-50(65-48-31-16-14-28-46(48)51-49(65)34-32-44-42-27-13-15-30-47(42)63(54(44)51)40-23-9-3-10-24-40)52(55(45)64(53(39)43)41-25-11-4-12-26-41)58-61-56(37-18-5-1-6-19-37)60-57(62-58)38-20-7-2-8-21-38/h1-35H. The molecule has 4 aromatic heterocycles. The van der Waals surface area contributed by atoms with E-state index in [1.807, 2.05) is 91.0 Å². The van der Waals surface area contributed by atoms with E-state index in [1.54, 1.807) is 0 Å². The summed E-state index contributed by atoms with van der Waals surface area (Å²) in [5.74, 6) is 1.64. The molecule has 0 atom stereocenters. The van der Waals surface area contributed by atoms with Crippen LogP contribution in [0.15, 0.2) is 212 Å². The second kappa shape index (κ2) is 14.5. The zero-order valence-corrected chi connectivity index (χ0v) is 34.8. The quantitative estimate of drug-likeness (QED) is 0.167. The van der Waals surface area contributed by atoms with Crippen LogP contribution in [0.5, 0.6) is 0 Å². The summed E-state index contributed by atoms with van der Waals surface area (Å²) in [5, 5.41) is 17.3. The van der Waals surface area contributed by atoms with Gasteiger partial charge >= 0.3 is 0 Å². The Morgan fingerprint density at radius 1 is 0.338 bits per heavy atom. The number of nitriles is 1. The average molecular weight is 830 g/mol. The van der Waals surface area contributed by atoms with Gasteiger partial charge in [-0.25, -0.2) is 15.0 Å². The molecule has 13 rings (SSSR count). The highest BCUT2D eigenvalue weighted by Gasteiger charge is 2.28. The normalized spacial score (nSPS) is 11.7. The predicted octanol–water partition coefficient (Wildman–Crippen LogP) is 14.0. The van der Waals surface area contributed by atoms with Gasteiger partial charge in [-0.2, -0.15) is 5.26 Å². The first-order valence-corrected chi connectivity index (χ1v) is 21.7. The minimum atomic E-state index is 0.516. The Morgan fingerprint density at radius 3 is 1.48 bits per heavy atom. The van der Waals surface area contributed by atoms with Crippen molar-refractivity contribution < 1.29 is 0 Å². The maximum atomic E-state index is 10.7. The number of nitrogens with zero attached hydrogens (tertiary/aromatic N) is 7. The van der Waals surface area contributed by atoms with Crippen molar-refractivity contribution in [2.75, 3.05) is 0 Å². The van der Waals surface area contributed by atoms with Crippen molar-refractivity contribution in [3.05, 3.63) is 218 Å². The smallest absolute Gasteiger partial charge is 0.168 e. The molecule has 13 aromatic rings. The van der Waals surface area contributed by atoms with Crippen LogP contribution in [-0.4, -0.2) is 28.7 Å². The number of para-hydroxylation sites is 5. The van der Waals surface area contributed by atoms with Crippen molar-refractivity contribution in [3.63, 3.8) is 0 Å². The molecule has 0 saturated heterocycles. The number of hydrogen-bond donors (Lipinski definition) is 0. The molecule has 0 bridgehead atoms. The zero-order valence-electron chi connectivity index (χ0n) is 34.8. The molecule has 65 heavy (non-hydrogen) atoms. The molecule has 0 unspecified atom stereocenters. The summed E-state index contributed by atoms with van der Waals surface area (Å²) in [7, 11) is 0. The van der Waals surface area contributed by atoms with Gasteiger partial charge in [0.25, 0.3) is 0 Å². The molecule has 4 heterocycles. The Hall–Kier alpha value is -9.12. The van der Waals surface area contributed by atoms with Gasteiger partial charge < -0.3 is 13.7 Å². The van der Waals surface area contributed by atoms with Crippen LogP contribution in [0.1, 0.15) is 5.56 Å². The molecule has 0 aliphatic carbocycles. The summed E-state index contributed by atoms with van der Waals surface area (Å²) in [4.78, 5) is 16.0. The van der Waals surface area contributed by atoms with Crippen molar-refractivity contribution in [2.24, 2.45) is 0 Å². The first-order chi connectivity index (χ1) is 32.2. The predicted molar refractivity (Wildman–Crippen MR) is 264 cm³/mol. The van der Waals surface area contributed by atoms with Crippen molar-refractivity contribution in [1.29, 1.82) is 5.26 Å². The number of fused-ring (bicyclic) bond motifs is 10. The Bertz CT molecular complexity index is 3990. The summed E-state index contributed by atoms with van der Waals surface area (Å²) in [5.41, 5.74) is 12.2. The van der Waals surface area contributed by atoms with Gasteiger partial charge in [0, 0.05) is 54.8 Å². The van der Waals surface area contributed by atoms with Gasteiger partial charge in [0.1, 0.15) is 6.07 Å². The fraction of sp³-hybridized carbons (Fsp3) is 0. The van der Waals surface area contributed by atoms with E-state index in [0.29, 0.717) is 23.0 Å². The fourth-order valence-corrected chi connectivity index (χ4v) is 10.0. The lowest BCUT2D eigenvalue weighted by Crippen LogP contribution is -2.06. The molecule has 9 aromatic carbocycles. The Kier molecular flexibility index (Phi) is 8.14. The first-order valence-electron chi connectivity index (χ1n) is 21.7. The zero-order chi connectivity index (χ0) is 43.0. The highest BCUT2D eigenvalue weighted by Crippen LogP contribution is 2.46. The molecule has 7 nitrogen and oxygen atoms in total. The minimum Gasteiger partial charge on any atom is -0.309 e. The van der Waals surface area contributed by atoms with Crippen LogP contribution in [0.3, 0.4) is 0 Å². The third-order valence-corrected chi connectivity index (χ3v) is 12.7. The van der Waals surface area contributed by atoms with Gasteiger partial charge in [0.2, 0.25) is 0 Å². The van der Waals surface area contributed by atoms with Gasteiger partial charge in [-0.05, 0) is 54.6 Å². The van der Waals surface area contributed by atoms with E-state index in [0.717, 1.165) is 88.4 Å². The molecule has 0 aliphatic rings. The topological polar surface area (TPSA) is 77.2 Å². The molecular formula is C58H35N7. The second-order valence-electron chi connectivity index (χ2n) is 16.3. The summed E-state index contributed by atoms with van der Waals surface area (Å²) in [6.45, 7) is 0. The number of benzene rings is 9. The molecule has 0 aliphatic heterocycles. The van der Waals surface area contributed by atoms with E-state index in [4.69, 9.17) is 15.0 Å². The van der Waals surface area contributed by atoms with E-state index in [-0.39, 0.29) is 0 Å². The molecule has 0 saturated carbocycles. The molecule has 0 fully saturated rings. The molecule has 0 radical (unpaired) electrons. The maximum Gasteiger partial charge on any atom is 0.168 e. The summed E-state index contributed by atoms with van der Waals surface area (Å²) in [6.07, 6.45) is 0. The Labute approximate surface area is 373 Å². The van der Waals surface area contributed by atoms with Crippen molar-refractivity contribution >= 4 is 65.4 Å². The fourth-order valence-electron chi connectivity index (χ4n) is 10.0. The molecule has 0 amide bonds.